The molecule has 0 saturated heterocycles. The van der Waals surface area contributed by atoms with Crippen molar-refractivity contribution in [2.75, 3.05) is 6.79 Å². The summed E-state index contributed by atoms with van der Waals surface area (Å²) in [6.07, 6.45) is 6.49. The van der Waals surface area contributed by atoms with Gasteiger partial charge in [0.2, 0.25) is 12.7 Å². The lowest BCUT2D eigenvalue weighted by molar-refractivity contribution is -0.122. The third-order valence-corrected chi connectivity index (χ3v) is 4.67. The van der Waals surface area contributed by atoms with Crippen molar-refractivity contribution in [2.45, 2.75) is 44.6 Å². The maximum atomic E-state index is 12.2. The van der Waals surface area contributed by atoms with E-state index in [2.05, 4.69) is 5.32 Å². The van der Waals surface area contributed by atoms with Crippen molar-refractivity contribution in [3.05, 3.63) is 23.8 Å². The molecule has 3 aliphatic rings. The first kappa shape index (κ1) is 13.0. The van der Waals surface area contributed by atoms with Crippen LogP contribution >= 0.6 is 0 Å². The Balaban J connectivity index is 1.30. The van der Waals surface area contributed by atoms with E-state index in [0.29, 0.717) is 19.3 Å². The summed E-state index contributed by atoms with van der Waals surface area (Å²) >= 11 is 0. The van der Waals surface area contributed by atoms with Crippen LogP contribution in [0.2, 0.25) is 0 Å². The lowest BCUT2D eigenvalue weighted by Gasteiger charge is -2.17. The number of hydrogen-bond acceptors (Lipinski definition) is 3. The molecule has 1 amide bonds. The topological polar surface area (TPSA) is 47.6 Å². The SMILES string of the molecule is O=C(CCc1ccc2c(c1)OCO2)NC(C1CC1)C1CC1. The first-order valence-corrected chi connectivity index (χ1v) is 7.97. The number of benzene rings is 1. The van der Waals surface area contributed by atoms with Gasteiger partial charge in [-0.05, 0) is 61.6 Å². The van der Waals surface area contributed by atoms with E-state index in [1.807, 2.05) is 18.2 Å². The third kappa shape index (κ3) is 2.99. The molecular weight excluding hydrogens is 266 g/mol. The number of fused-ring (bicyclic) bond motifs is 1. The van der Waals surface area contributed by atoms with Gasteiger partial charge in [0, 0.05) is 12.5 Å². The molecule has 2 saturated carbocycles. The van der Waals surface area contributed by atoms with Gasteiger partial charge < -0.3 is 14.8 Å². The number of hydrogen-bond donors (Lipinski definition) is 1. The summed E-state index contributed by atoms with van der Waals surface area (Å²) in [4.78, 5) is 12.2. The van der Waals surface area contributed by atoms with Gasteiger partial charge in [0.25, 0.3) is 0 Å². The molecule has 1 aliphatic heterocycles. The molecule has 1 N–H and O–H groups in total. The highest BCUT2D eigenvalue weighted by atomic mass is 16.7. The summed E-state index contributed by atoms with van der Waals surface area (Å²) in [5, 5.41) is 3.27. The molecule has 4 nitrogen and oxygen atoms in total. The zero-order chi connectivity index (χ0) is 14.2. The van der Waals surface area contributed by atoms with Crippen LogP contribution in [0.25, 0.3) is 0 Å². The standard InChI is InChI=1S/C17H21NO3/c19-16(18-17(12-3-4-12)13-5-6-13)8-2-11-1-7-14-15(9-11)21-10-20-14/h1,7,9,12-13,17H,2-6,8,10H2,(H,18,19). The molecule has 1 aromatic rings. The molecule has 0 unspecified atom stereocenters. The van der Waals surface area contributed by atoms with Crippen molar-refractivity contribution in [3.8, 4) is 11.5 Å². The summed E-state index contributed by atoms with van der Waals surface area (Å²) < 4.78 is 10.7. The molecule has 0 atom stereocenters. The van der Waals surface area contributed by atoms with E-state index in [0.717, 1.165) is 35.3 Å². The van der Waals surface area contributed by atoms with Crippen LogP contribution < -0.4 is 14.8 Å². The zero-order valence-corrected chi connectivity index (χ0v) is 12.1. The molecule has 1 heterocycles. The Hall–Kier alpha value is -1.71. The fourth-order valence-corrected chi connectivity index (χ4v) is 3.14. The van der Waals surface area contributed by atoms with Gasteiger partial charge in [0.1, 0.15) is 0 Å². The van der Waals surface area contributed by atoms with Crippen LogP contribution in [0.15, 0.2) is 18.2 Å². The molecule has 0 aromatic heterocycles. The number of ether oxygens (including phenoxy) is 2. The monoisotopic (exact) mass is 287 g/mol. The molecule has 2 aliphatic carbocycles. The molecule has 4 rings (SSSR count). The van der Waals surface area contributed by atoms with Crippen molar-refractivity contribution < 1.29 is 14.3 Å². The molecule has 0 spiro atoms. The molecule has 0 bridgehead atoms. The Morgan fingerprint density at radius 2 is 1.86 bits per heavy atom. The zero-order valence-electron chi connectivity index (χ0n) is 12.1. The summed E-state index contributed by atoms with van der Waals surface area (Å²) in [5.74, 6) is 3.29. The van der Waals surface area contributed by atoms with Gasteiger partial charge in [-0.25, -0.2) is 0 Å². The lowest BCUT2D eigenvalue weighted by Crippen LogP contribution is -2.38. The predicted octanol–water partition coefficient (Wildman–Crippen LogP) is 2.65. The number of carbonyl (C=O) groups is 1. The minimum absolute atomic E-state index is 0.191. The van der Waals surface area contributed by atoms with Gasteiger partial charge in [0.05, 0.1) is 0 Å². The van der Waals surface area contributed by atoms with Crippen LogP contribution in [0.4, 0.5) is 0 Å². The third-order valence-electron chi connectivity index (χ3n) is 4.67. The average Bonchev–Trinajstić information content (AvgIpc) is 3.40. The Morgan fingerprint density at radius 1 is 1.14 bits per heavy atom. The van der Waals surface area contributed by atoms with Gasteiger partial charge in [-0.2, -0.15) is 0 Å². The second-order valence-corrected chi connectivity index (χ2v) is 6.46. The van der Waals surface area contributed by atoms with E-state index < -0.39 is 0 Å². The molecule has 21 heavy (non-hydrogen) atoms. The quantitative estimate of drug-likeness (QED) is 0.875. The van der Waals surface area contributed by atoms with Gasteiger partial charge in [-0.1, -0.05) is 6.07 Å². The van der Waals surface area contributed by atoms with Crippen molar-refractivity contribution in [3.63, 3.8) is 0 Å². The molecule has 4 heteroatoms. The number of aryl methyl sites for hydroxylation is 1. The Kier molecular flexibility index (Phi) is 3.24. The fourth-order valence-electron chi connectivity index (χ4n) is 3.14. The number of carbonyl (C=O) groups excluding carboxylic acids is 1. The number of nitrogens with one attached hydrogen (secondary N) is 1. The minimum atomic E-state index is 0.191. The summed E-state index contributed by atoms with van der Waals surface area (Å²) in [6, 6.07) is 6.37. The van der Waals surface area contributed by atoms with E-state index in [1.165, 1.54) is 25.7 Å². The summed E-state index contributed by atoms with van der Waals surface area (Å²) in [5.41, 5.74) is 1.13. The smallest absolute Gasteiger partial charge is 0.231 e. The van der Waals surface area contributed by atoms with Crippen molar-refractivity contribution in [2.24, 2.45) is 11.8 Å². The van der Waals surface area contributed by atoms with Crippen molar-refractivity contribution >= 4 is 5.91 Å². The van der Waals surface area contributed by atoms with Gasteiger partial charge >= 0.3 is 0 Å². The van der Waals surface area contributed by atoms with Crippen molar-refractivity contribution in [1.29, 1.82) is 0 Å². The van der Waals surface area contributed by atoms with Crippen LogP contribution in [0, 0.1) is 11.8 Å². The molecule has 1 aromatic carbocycles. The molecular formula is C17H21NO3. The summed E-state index contributed by atoms with van der Waals surface area (Å²) in [6.45, 7) is 0.295. The minimum Gasteiger partial charge on any atom is -0.454 e. The van der Waals surface area contributed by atoms with E-state index in [-0.39, 0.29) is 5.91 Å². The Bertz CT molecular complexity index is 537. The highest BCUT2D eigenvalue weighted by Gasteiger charge is 2.42. The number of rotatable bonds is 6. The lowest BCUT2D eigenvalue weighted by atomic mass is 10.1. The van der Waals surface area contributed by atoms with Crippen LogP contribution in [-0.2, 0) is 11.2 Å². The van der Waals surface area contributed by atoms with Crippen LogP contribution in [-0.4, -0.2) is 18.7 Å². The van der Waals surface area contributed by atoms with Crippen LogP contribution in [0.1, 0.15) is 37.7 Å². The molecule has 2 fully saturated rings. The highest BCUT2D eigenvalue weighted by molar-refractivity contribution is 5.76. The van der Waals surface area contributed by atoms with Gasteiger partial charge in [-0.15, -0.1) is 0 Å². The second-order valence-electron chi connectivity index (χ2n) is 6.46. The highest BCUT2D eigenvalue weighted by Crippen LogP contribution is 2.44. The predicted molar refractivity (Wildman–Crippen MR) is 78.3 cm³/mol. The first-order chi connectivity index (χ1) is 10.3. The second kappa shape index (κ2) is 5.24. The van der Waals surface area contributed by atoms with Crippen LogP contribution in [0.5, 0.6) is 11.5 Å². The van der Waals surface area contributed by atoms with E-state index in [4.69, 9.17) is 9.47 Å². The normalized spacial score (nSPS) is 19.9. The Morgan fingerprint density at radius 3 is 2.57 bits per heavy atom. The van der Waals surface area contributed by atoms with E-state index in [9.17, 15) is 4.79 Å². The first-order valence-electron chi connectivity index (χ1n) is 7.97. The molecule has 0 radical (unpaired) electrons. The fraction of sp³-hybridized carbons (Fsp3) is 0.588. The molecule has 112 valence electrons. The maximum Gasteiger partial charge on any atom is 0.231 e. The number of amides is 1. The van der Waals surface area contributed by atoms with Crippen molar-refractivity contribution in [1.82, 2.24) is 5.32 Å². The maximum absolute atomic E-state index is 12.2. The van der Waals surface area contributed by atoms with Gasteiger partial charge in [-0.3, -0.25) is 4.79 Å². The van der Waals surface area contributed by atoms with Gasteiger partial charge in [0.15, 0.2) is 11.5 Å². The van der Waals surface area contributed by atoms with E-state index in [1.54, 1.807) is 0 Å². The van der Waals surface area contributed by atoms with Crippen LogP contribution in [0.3, 0.4) is 0 Å². The largest absolute Gasteiger partial charge is 0.454 e. The average molecular weight is 287 g/mol. The Labute approximate surface area is 124 Å². The van der Waals surface area contributed by atoms with E-state index >= 15 is 0 Å². The summed E-state index contributed by atoms with van der Waals surface area (Å²) in [7, 11) is 0.